The second-order valence-corrected chi connectivity index (χ2v) is 6.00. The number of halogens is 1. The Hall–Kier alpha value is -1.03. The molecule has 1 aromatic carbocycles. The fraction of sp³-hybridized carbons (Fsp3) is 0.562. The van der Waals surface area contributed by atoms with Crippen molar-refractivity contribution in [2.45, 2.75) is 39.7 Å². The lowest BCUT2D eigenvalue weighted by Gasteiger charge is -2.11. The SMILES string of the molecule is CC(CBr)CCCNC(=O)c1ccc(OC(C)C)cc1. The maximum atomic E-state index is 11.9. The summed E-state index contributed by atoms with van der Waals surface area (Å²) >= 11 is 3.46. The molecule has 1 atom stereocenters. The number of alkyl halides is 1. The molecule has 1 amide bonds. The van der Waals surface area contributed by atoms with E-state index in [-0.39, 0.29) is 12.0 Å². The summed E-state index contributed by atoms with van der Waals surface area (Å²) in [5.41, 5.74) is 0.676. The number of hydrogen-bond acceptors (Lipinski definition) is 2. The van der Waals surface area contributed by atoms with Gasteiger partial charge in [-0.1, -0.05) is 22.9 Å². The van der Waals surface area contributed by atoms with Gasteiger partial charge in [-0.2, -0.15) is 0 Å². The Morgan fingerprint density at radius 1 is 1.25 bits per heavy atom. The summed E-state index contributed by atoms with van der Waals surface area (Å²) in [5.74, 6) is 1.43. The van der Waals surface area contributed by atoms with E-state index in [0.29, 0.717) is 11.5 Å². The van der Waals surface area contributed by atoms with Gasteiger partial charge in [0.25, 0.3) is 5.91 Å². The first-order chi connectivity index (χ1) is 9.52. The minimum Gasteiger partial charge on any atom is -0.491 e. The molecular weight excluding hydrogens is 318 g/mol. The summed E-state index contributed by atoms with van der Waals surface area (Å²) in [7, 11) is 0. The van der Waals surface area contributed by atoms with E-state index in [1.54, 1.807) is 12.1 Å². The van der Waals surface area contributed by atoms with Crippen molar-refractivity contribution < 1.29 is 9.53 Å². The van der Waals surface area contributed by atoms with E-state index < -0.39 is 0 Å². The van der Waals surface area contributed by atoms with Crippen LogP contribution in [-0.2, 0) is 0 Å². The maximum Gasteiger partial charge on any atom is 0.251 e. The Kier molecular flexibility index (Phi) is 7.67. The largest absolute Gasteiger partial charge is 0.491 e. The number of benzene rings is 1. The third kappa shape index (κ3) is 6.42. The summed E-state index contributed by atoms with van der Waals surface area (Å²) in [6.07, 6.45) is 2.27. The molecule has 0 aliphatic carbocycles. The Labute approximate surface area is 130 Å². The Bertz CT molecular complexity index is 403. The Balaban J connectivity index is 2.36. The van der Waals surface area contributed by atoms with Crippen molar-refractivity contribution in [2.75, 3.05) is 11.9 Å². The predicted octanol–water partition coefficient (Wildman–Crippen LogP) is 4.01. The monoisotopic (exact) mass is 341 g/mol. The van der Waals surface area contributed by atoms with Crippen LogP contribution in [0.2, 0.25) is 0 Å². The minimum absolute atomic E-state index is 0.0207. The fourth-order valence-corrected chi connectivity index (χ4v) is 2.11. The molecule has 0 fully saturated rings. The molecule has 0 aliphatic heterocycles. The second-order valence-electron chi connectivity index (χ2n) is 5.35. The molecule has 20 heavy (non-hydrogen) atoms. The summed E-state index contributed by atoms with van der Waals surface area (Å²) in [6, 6.07) is 7.27. The molecule has 112 valence electrons. The first-order valence-corrected chi connectivity index (χ1v) is 8.26. The summed E-state index contributed by atoms with van der Waals surface area (Å²) in [5, 5.41) is 3.96. The molecule has 0 heterocycles. The van der Waals surface area contributed by atoms with Gasteiger partial charge in [-0.3, -0.25) is 4.79 Å². The van der Waals surface area contributed by atoms with E-state index >= 15 is 0 Å². The van der Waals surface area contributed by atoms with Crippen LogP contribution in [0.5, 0.6) is 5.75 Å². The quantitative estimate of drug-likeness (QED) is 0.573. The van der Waals surface area contributed by atoms with Gasteiger partial charge in [0.15, 0.2) is 0 Å². The summed E-state index contributed by atoms with van der Waals surface area (Å²) < 4.78 is 5.55. The van der Waals surface area contributed by atoms with Gasteiger partial charge in [0.1, 0.15) is 5.75 Å². The first kappa shape index (κ1) is 17.0. The molecule has 0 saturated heterocycles. The highest BCUT2D eigenvalue weighted by molar-refractivity contribution is 9.09. The first-order valence-electron chi connectivity index (χ1n) is 7.13. The average Bonchev–Trinajstić information content (AvgIpc) is 2.43. The molecule has 0 saturated carbocycles. The standard InChI is InChI=1S/C16H24BrNO2/c1-12(2)20-15-8-6-14(7-9-15)16(19)18-10-4-5-13(3)11-17/h6-9,12-13H,4-5,10-11H2,1-3H3,(H,18,19). The Morgan fingerprint density at radius 2 is 1.90 bits per heavy atom. The highest BCUT2D eigenvalue weighted by Crippen LogP contribution is 2.14. The third-order valence-corrected chi connectivity index (χ3v) is 4.02. The Morgan fingerprint density at radius 3 is 2.45 bits per heavy atom. The van der Waals surface area contributed by atoms with Crippen molar-refractivity contribution in [3.8, 4) is 5.75 Å². The van der Waals surface area contributed by atoms with Crippen LogP contribution >= 0.6 is 15.9 Å². The van der Waals surface area contributed by atoms with Crippen LogP contribution in [0.25, 0.3) is 0 Å². The van der Waals surface area contributed by atoms with E-state index in [1.807, 2.05) is 26.0 Å². The minimum atomic E-state index is -0.0207. The zero-order valence-corrected chi connectivity index (χ0v) is 14.1. The molecule has 3 nitrogen and oxygen atoms in total. The van der Waals surface area contributed by atoms with Crippen molar-refractivity contribution in [1.82, 2.24) is 5.32 Å². The van der Waals surface area contributed by atoms with Crippen LogP contribution in [0, 0.1) is 5.92 Å². The molecule has 0 bridgehead atoms. The molecule has 1 rings (SSSR count). The highest BCUT2D eigenvalue weighted by atomic mass is 79.9. The number of carbonyl (C=O) groups excluding carboxylic acids is 1. The van der Waals surface area contributed by atoms with Crippen LogP contribution in [0.15, 0.2) is 24.3 Å². The molecule has 1 aromatic rings. The normalized spacial score (nSPS) is 12.2. The molecule has 0 radical (unpaired) electrons. The smallest absolute Gasteiger partial charge is 0.251 e. The maximum absolute atomic E-state index is 11.9. The third-order valence-electron chi connectivity index (χ3n) is 2.91. The number of amides is 1. The number of carbonyl (C=O) groups is 1. The van der Waals surface area contributed by atoms with Gasteiger partial charge in [-0.05, 0) is 56.9 Å². The van der Waals surface area contributed by atoms with Crippen molar-refractivity contribution in [1.29, 1.82) is 0 Å². The van der Waals surface area contributed by atoms with Gasteiger partial charge in [0.2, 0.25) is 0 Å². The van der Waals surface area contributed by atoms with E-state index in [4.69, 9.17) is 4.74 Å². The van der Waals surface area contributed by atoms with E-state index in [2.05, 4.69) is 28.2 Å². The molecular formula is C16H24BrNO2. The molecule has 0 aromatic heterocycles. The van der Waals surface area contributed by atoms with Gasteiger partial charge in [-0.15, -0.1) is 0 Å². The second kappa shape index (κ2) is 9.01. The topological polar surface area (TPSA) is 38.3 Å². The lowest BCUT2D eigenvalue weighted by atomic mass is 10.1. The summed E-state index contributed by atoms with van der Waals surface area (Å²) in [6.45, 7) is 6.88. The number of rotatable bonds is 8. The fourth-order valence-electron chi connectivity index (χ4n) is 1.79. The van der Waals surface area contributed by atoms with E-state index in [9.17, 15) is 4.79 Å². The van der Waals surface area contributed by atoms with Crippen LogP contribution in [0.1, 0.15) is 44.0 Å². The van der Waals surface area contributed by atoms with Crippen LogP contribution < -0.4 is 10.1 Å². The van der Waals surface area contributed by atoms with Crippen LogP contribution in [0.4, 0.5) is 0 Å². The van der Waals surface area contributed by atoms with Crippen molar-refractivity contribution in [2.24, 2.45) is 5.92 Å². The molecule has 4 heteroatoms. The van der Waals surface area contributed by atoms with Crippen LogP contribution in [-0.4, -0.2) is 23.9 Å². The van der Waals surface area contributed by atoms with Gasteiger partial charge in [0, 0.05) is 17.4 Å². The van der Waals surface area contributed by atoms with Gasteiger partial charge < -0.3 is 10.1 Å². The lowest BCUT2D eigenvalue weighted by Crippen LogP contribution is -2.24. The van der Waals surface area contributed by atoms with Crippen molar-refractivity contribution in [3.05, 3.63) is 29.8 Å². The molecule has 0 aliphatic rings. The average molecular weight is 342 g/mol. The van der Waals surface area contributed by atoms with Gasteiger partial charge in [0.05, 0.1) is 6.10 Å². The van der Waals surface area contributed by atoms with Crippen molar-refractivity contribution in [3.63, 3.8) is 0 Å². The van der Waals surface area contributed by atoms with E-state index in [0.717, 1.165) is 30.5 Å². The van der Waals surface area contributed by atoms with Gasteiger partial charge >= 0.3 is 0 Å². The highest BCUT2D eigenvalue weighted by Gasteiger charge is 2.06. The molecule has 0 spiro atoms. The van der Waals surface area contributed by atoms with Gasteiger partial charge in [-0.25, -0.2) is 0 Å². The number of ether oxygens (including phenoxy) is 1. The zero-order valence-electron chi connectivity index (χ0n) is 12.5. The zero-order chi connectivity index (χ0) is 15.0. The van der Waals surface area contributed by atoms with Crippen molar-refractivity contribution >= 4 is 21.8 Å². The van der Waals surface area contributed by atoms with E-state index in [1.165, 1.54) is 0 Å². The number of hydrogen-bond donors (Lipinski definition) is 1. The summed E-state index contributed by atoms with van der Waals surface area (Å²) in [4.78, 5) is 11.9. The van der Waals surface area contributed by atoms with Crippen LogP contribution in [0.3, 0.4) is 0 Å². The molecule has 1 unspecified atom stereocenters. The molecule has 1 N–H and O–H groups in total. The predicted molar refractivity (Wildman–Crippen MR) is 86.7 cm³/mol. The number of nitrogens with one attached hydrogen (secondary N) is 1. The lowest BCUT2D eigenvalue weighted by molar-refractivity contribution is 0.0952.